The number of aryl methyl sites for hydroxylation is 2. The Balaban J connectivity index is 1.84. The molecular weight excluding hydrogens is 430 g/mol. The number of rotatable bonds is 8. The SMILES string of the molecule is COCCCN1C(=O)C(=O)/C(=C(/O)c2ccc3c(c2)CCCC3)C1c1ccccc1OC(C)C. The van der Waals surface area contributed by atoms with Gasteiger partial charge in [0.1, 0.15) is 11.5 Å². The van der Waals surface area contributed by atoms with Crippen molar-refractivity contribution in [2.24, 2.45) is 0 Å². The van der Waals surface area contributed by atoms with Crippen molar-refractivity contribution in [1.29, 1.82) is 0 Å². The molecule has 1 N–H and O–H groups in total. The van der Waals surface area contributed by atoms with Crippen molar-refractivity contribution in [3.8, 4) is 5.75 Å². The highest BCUT2D eigenvalue weighted by atomic mass is 16.5. The van der Waals surface area contributed by atoms with E-state index >= 15 is 0 Å². The van der Waals surface area contributed by atoms with E-state index in [1.807, 2.05) is 56.3 Å². The van der Waals surface area contributed by atoms with Crippen LogP contribution in [0.2, 0.25) is 0 Å². The first-order valence-electron chi connectivity index (χ1n) is 12.1. The average Bonchev–Trinajstić information content (AvgIpc) is 3.08. The van der Waals surface area contributed by atoms with Gasteiger partial charge in [0.05, 0.1) is 17.7 Å². The molecule has 2 aromatic rings. The number of ether oxygens (including phenoxy) is 2. The summed E-state index contributed by atoms with van der Waals surface area (Å²) >= 11 is 0. The van der Waals surface area contributed by atoms with Gasteiger partial charge in [-0.05, 0) is 69.2 Å². The number of methoxy groups -OCH3 is 1. The number of fused-ring (bicyclic) bond motifs is 1. The molecule has 0 spiro atoms. The zero-order valence-electron chi connectivity index (χ0n) is 20.2. The van der Waals surface area contributed by atoms with Gasteiger partial charge in [-0.15, -0.1) is 0 Å². The topological polar surface area (TPSA) is 76.1 Å². The molecule has 1 atom stereocenters. The van der Waals surface area contributed by atoms with Gasteiger partial charge in [-0.3, -0.25) is 9.59 Å². The Morgan fingerprint density at radius 1 is 1.09 bits per heavy atom. The number of aliphatic hydroxyl groups excluding tert-OH is 1. The lowest BCUT2D eigenvalue weighted by Crippen LogP contribution is -2.31. The number of amides is 1. The number of para-hydroxylation sites is 1. The fourth-order valence-corrected chi connectivity index (χ4v) is 4.92. The minimum absolute atomic E-state index is 0.0856. The van der Waals surface area contributed by atoms with Crippen LogP contribution in [-0.4, -0.2) is 48.1 Å². The minimum Gasteiger partial charge on any atom is -0.507 e. The highest BCUT2D eigenvalue weighted by molar-refractivity contribution is 6.46. The lowest BCUT2D eigenvalue weighted by Gasteiger charge is -2.27. The van der Waals surface area contributed by atoms with Crippen LogP contribution in [0.25, 0.3) is 5.76 Å². The van der Waals surface area contributed by atoms with Gasteiger partial charge in [0.25, 0.3) is 11.7 Å². The summed E-state index contributed by atoms with van der Waals surface area (Å²) in [4.78, 5) is 28.0. The number of nitrogens with zero attached hydrogens (tertiary/aromatic N) is 1. The van der Waals surface area contributed by atoms with E-state index in [0.717, 1.165) is 25.7 Å². The van der Waals surface area contributed by atoms with E-state index in [1.54, 1.807) is 7.11 Å². The molecule has 180 valence electrons. The van der Waals surface area contributed by atoms with E-state index in [1.165, 1.54) is 16.0 Å². The number of benzene rings is 2. The van der Waals surface area contributed by atoms with Crippen LogP contribution in [-0.2, 0) is 27.2 Å². The largest absolute Gasteiger partial charge is 0.507 e. The van der Waals surface area contributed by atoms with E-state index in [9.17, 15) is 14.7 Å². The molecule has 1 amide bonds. The maximum absolute atomic E-state index is 13.3. The summed E-state index contributed by atoms with van der Waals surface area (Å²) in [6.45, 7) is 4.66. The molecule has 0 aromatic heterocycles. The number of carbonyl (C=O) groups excluding carboxylic acids is 2. The third-order valence-corrected chi connectivity index (χ3v) is 6.49. The second-order valence-electron chi connectivity index (χ2n) is 9.23. The number of aliphatic hydroxyl groups is 1. The molecule has 0 saturated carbocycles. The van der Waals surface area contributed by atoms with Crippen molar-refractivity contribution in [2.75, 3.05) is 20.3 Å². The molecule has 0 radical (unpaired) electrons. The molecule has 6 nitrogen and oxygen atoms in total. The molecule has 4 rings (SSSR count). The first kappa shape index (κ1) is 24.0. The lowest BCUT2D eigenvalue weighted by atomic mass is 9.88. The van der Waals surface area contributed by atoms with E-state index in [2.05, 4.69) is 0 Å². The fourth-order valence-electron chi connectivity index (χ4n) is 4.92. The maximum Gasteiger partial charge on any atom is 0.295 e. The molecule has 2 aromatic carbocycles. The number of carbonyl (C=O) groups is 2. The van der Waals surface area contributed by atoms with Gasteiger partial charge in [0.15, 0.2) is 0 Å². The Hall–Kier alpha value is -3.12. The van der Waals surface area contributed by atoms with E-state index < -0.39 is 17.7 Å². The van der Waals surface area contributed by atoms with E-state index in [4.69, 9.17) is 9.47 Å². The van der Waals surface area contributed by atoms with Crippen LogP contribution in [0.1, 0.15) is 61.4 Å². The van der Waals surface area contributed by atoms with Gasteiger partial charge >= 0.3 is 0 Å². The first-order chi connectivity index (χ1) is 16.4. The smallest absolute Gasteiger partial charge is 0.295 e. The maximum atomic E-state index is 13.3. The molecule has 1 heterocycles. The quantitative estimate of drug-likeness (QED) is 0.263. The van der Waals surface area contributed by atoms with Gasteiger partial charge in [0.2, 0.25) is 0 Å². The number of hydrogen-bond acceptors (Lipinski definition) is 5. The first-order valence-corrected chi connectivity index (χ1v) is 12.1. The molecule has 34 heavy (non-hydrogen) atoms. The fraction of sp³-hybridized carbons (Fsp3) is 0.429. The van der Waals surface area contributed by atoms with Crippen LogP contribution < -0.4 is 4.74 Å². The van der Waals surface area contributed by atoms with Crippen LogP contribution in [0.3, 0.4) is 0 Å². The highest BCUT2D eigenvalue weighted by Gasteiger charge is 2.46. The minimum atomic E-state index is -0.733. The van der Waals surface area contributed by atoms with Crippen molar-refractivity contribution in [3.63, 3.8) is 0 Å². The average molecular weight is 464 g/mol. The molecule has 1 aliphatic heterocycles. The summed E-state index contributed by atoms with van der Waals surface area (Å²) in [7, 11) is 1.60. The summed E-state index contributed by atoms with van der Waals surface area (Å²) in [5, 5.41) is 11.4. The van der Waals surface area contributed by atoms with Gasteiger partial charge in [-0.2, -0.15) is 0 Å². The third kappa shape index (κ3) is 4.73. The lowest BCUT2D eigenvalue weighted by molar-refractivity contribution is -0.140. The predicted molar refractivity (Wildman–Crippen MR) is 131 cm³/mol. The summed E-state index contributed by atoms with van der Waals surface area (Å²) in [5.74, 6) is -0.820. The van der Waals surface area contributed by atoms with Crippen molar-refractivity contribution in [1.82, 2.24) is 4.90 Å². The monoisotopic (exact) mass is 463 g/mol. The van der Waals surface area contributed by atoms with Crippen LogP contribution in [0, 0.1) is 0 Å². The van der Waals surface area contributed by atoms with Gasteiger partial charge in [-0.25, -0.2) is 0 Å². The Kier molecular flexibility index (Phi) is 7.37. The Bertz CT molecular complexity index is 1100. The number of likely N-dealkylation sites (tertiary alicyclic amines) is 1. The third-order valence-electron chi connectivity index (χ3n) is 6.49. The molecular formula is C28H33NO5. The summed E-state index contributed by atoms with van der Waals surface area (Å²) in [6.07, 6.45) is 4.75. The molecule has 1 saturated heterocycles. The van der Waals surface area contributed by atoms with Gasteiger partial charge in [-0.1, -0.05) is 30.3 Å². The molecule has 0 bridgehead atoms. The normalized spacial score (nSPS) is 19.5. The van der Waals surface area contributed by atoms with Crippen LogP contribution in [0.5, 0.6) is 5.75 Å². The van der Waals surface area contributed by atoms with Crippen molar-refractivity contribution in [2.45, 2.75) is 58.1 Å². The molecule has 1 aliphatic carbocycles. The summed E-state index contributed by atoms with van der Waals surface area (Å²) in [5.41, 5.74) is 3.85. The van der Waals surface area contributed by atoms with Crippen LogP contribution in [0.15, 0.2) is 48.0 Å². The molecule has 2 aliphatic rings. The summed E-state index contributed by atoms with van der Waals surface area (Å²) < 4.78 is 11.2. The second-order valence-corrected chi connectivity index (χ2v) is 9.23. The van der Waals surface area contributed by atoms with Gasteiger partial charge < -0.3 is 19.5 Å². The zero-order chi connectivity index (χ0) is 24.2. The number of hydrogen-bond donors (Lipinski definition) is 1. The predicted octanol–water partition coefficient (Wildman–Crippen LogP) is 4.81. The summed E-state index contributed by atoms with van der Waals surface area (Å²) in [6, 6.07) is 12.5. The van der Waals surface area contributed by atoms with Crippen molar-refractivity contribution >= 4 is 17.4 Å². The van der Waals surface area contributed by atoms with Crippen LogP contribution >= 0.6 is 0 Å². The number of ketones is 1. The second kappa shape index (κ2) is 10.4. The molecule has 1 fully saturated rings. The Labute approximate surface area is 201 Å². The van der Waals surface area contributed by atoms with Crippen molar-refractivity contribution < 1.29 is 24.2 Å². The van der Waals surface area contributed by atoms with Crippen LogP contribution in [0.4, 0.5) is 0 Å². The van der Waals surface area contributed by atoms with Gasteiger partial charge in [0, 0.05) is 31.4 Å². The Morgan fingerprint density at radius 3 is 2.56 bits per heavy atom. The van der Waals surface area contributed by atoms with Crippen molar-refractivity contribution in [3.05, 3.63) is 70.3 Å². The zero-order valence-corrected chi connectivity index (χ0v) is 20.2. The Morgan fingerprint density at radius 2 is 1.82 bits per heavy atom. The van der Waals surface area contributed by atoms with E-state index in [0.29, 0.717) is 36.4 Å². The standard InChI is InChI=1S/C28H33NO5/c1-18(2)34-23-12-7-6-11-22(23)25-24(27(31)28(32)29(25)15-8-16-33-3)26(30)21-14-13-19-9-4-5-10-20(19)17-21/h6-7,11-14,17-18,25,30H,4-5,8-10,15-16H2,1-3H3/b26-24+. The van der Waals surface area contributed by atoms with E-state index in [-0.39, 0.29) is 17.4 Å². The molecule has 6 heteroatoms. The number of Topliss-reactive ketones (excluding diaryl/α,β-unsaturated/α-hetero) is 1. The molecule has 1 unspecified atom stereocenters. The highest BCUT2D eigenvalue weighted by Crippen LogP contribution is 2.43.